The highest BCUT2D eigenvalue weighted by molar-refractivity contribution is 9.10. The molecule has 0 saturated heterocycles. The lowest BCUT2D eigenvalue weighted by molar-refractivity contribution is 0.281. The molecule has 3 heteroatoms. The topological polar surface area (TPSA) is 21.3 Å². The standard InChI is InChI=1S/C17H24BrNO/c1-19-16(9-13-8-11-3-4-12(13)7-11)15-10-14(18)5-6-17(15)20-2/h5-6,10-13,16,19H,3-4,7-9H2,1-2H3. The van der Waals surface area contributed by atoms with E-state index in [1.165, 1.54) is 37.7 Å². The van der Waals surface area contributed by atoms with Crippen LogP contribution in [0.3, 0.4) is 0 Å². The van der Waals surface area contributed by atoms with Crippen molar-refractivity contribution in [1.82, 2.24) is 5.32 Å². The molecular weight excluding hydrogens is 314 g/mol. The molecule has 4 atom stereocenters. The zero-order valence-electron chi connectivity index (χ0n) is 12.4. The number of methoxy groups -OCH3 is 1. The fourth-order valence-electron chi connectivity index (χ4n) is 4.35. The van der Waals surface area contributed by atoms with Crippen LogP contribution in [-0.4, -0.2) is 14.2 Å². The summed E-state index contributed by atoms with van der Waals surface area (Å²) in [5.41, 5.74) is 1.28. The minimum atomic E-state index is 0.395. The number of hydrogen-bond donors (Lipinski definition) is 1. The third-order valence-corrected chi connectivity index (χ3v) is 5.83. The Kier molecular flexibility index (Phi) is 4.37. The van der Waals surface area contributed by atoms with Crippen LogP contribution in [0.1, 0.15) is 43.7 Å². The summed E-state index contributed by atoms with van der Waals surface area (Å²) >= 11 is 3.58. The predicted octanol–water partition coefficient (Wildman–Crippen LogP) is 4.54. The molecule has 1 aromatic rings. The number of halogens is 1. The number of fused-ring (bicyclic) bond motifs is 2. The van der Waals surface area contributed by atoms with Crippen molar-refractivity contribution in [2.75, 3.05) is 14.2 Å². The Morgan fingerprint density at radius 1 is 1.35 bits per heavy atom. The number of benzene rings is 1. The van der Waals surface area contributed by atoms with Gasteiger partial charge < -0.3 is 10.1 Å². The molecule has 2 saturated carbocycles. The van der Waals surface area contributed by atoms with Gasteiger partial charge in [-0.15, -0.1) is 0 Å². The van der Waals surface area contributed by atoms with Gasteiger partial charge in [0.05, 0.1) is 7.11 Å². The van der Waals surface area contributed by atoms with Crippen LogP contribution in [0.4, 0.5) is 0 Å². The Morgan fingerprint density at radius 2 is 2.20 bits per heavy atom. The zero-order chi connectivity index (χ0) is 14.1. The van der Waals surface area contributed by atoms with E-state index in [4.69, 9.17) is 4.74 Å². The average molecular weight is 338 g/mol. The fourth-order valence-corrected chi connectivity index (χ4v) is 4.72. The van der Waals surface area contributed by atoms with Crippen LogP contribution >= 0.6 is 15.9 Å². The molecule has 110 valence electrons. The molecule has 2 nitrogen and oxygen atoms in total. The van der Waals surface area contributed by atoms with Crippen LogP contribution in [-0.2, 0) is 0 Å². The van der Waals surface area contributed by atoms with E-state index in [2.05, 4.69) is 40.4 Å². The Labute approximate surface area is 130 Å². The molecule has 2 aliphatic carbocycles. The number of rotatable bonds is 5. The van der Waals surface area contributed by atoms with Gasteiger partial charge in [0, 0.05) is 16.1 Å². The molecule has 1 aromatic carbocycles. The van der Waals surface area contributed by atoms with Gasteiger partial charge in [-0.25, -0.2) is 0 Å². The molecule has 2 fully saturated rings. The van der Waals surface area contributed by atoms with Crippen LogP contribution in [0.25, 0.3) is 0 Å². The van der Waals surface area contributed by atoms with Crippen LogP contribution < -0.4 is 10.1 Å². The predicted molar refractivity (Wildman–Crippen MR) is 86.0 cm³/mol. The maximum atomic E-state index is 5.55. The summed E-state index contributed by atoms with van der Waals surface area (Å²) in [6.07, 6.45) is 7.10. The van der Waals surface area contributed by atoms with E-state index in [0.717, 1.165) is 28.0 Å². The molecule has 4 unspecified atom stereocenters. The second-order valence-corrected chi connectivity index (χ2v) is 7.31. The molecule has 0 radical (unpaired) electrons. The number of nitrogens with one attached hydrogen (secondary N) is 1. The van der Waals surface area contributed by atoms with Gasteiger partial charge in [-0.05, 0) is 68.7 Å². The van der Waals surface area contributed by atoms with Crippen molar-refractivity contribution in [3.05, 3.63) is 28.2 Å². The summed E-state index contributed by atoms with van der Waals surface area (Å²) in [6, 6.07) is 6.71. The van der Waals surface area contributed by atoms with E-state index in [9.17, 15) is 0 Å². The van der Waals surface area contributed by atoms with Gasteiger partial charge in [0.15, 0.2) is 0 Å². The van der Waals surface area contributed by atoms with Crippen molar-refractivity contribution < 1.29 is 4.74 Å². The quantitative estimate of drug-likeness (QED) is 0.851. The summed E-state index contributed by atoms with van der Waals surface area (Å²) in [5.74, 6) is 3.89. The van der Waals surface area contributed by atoms with Crippen molar-refractivity contribution in [3.8, 4) is 5.75 Å². The van der Waals surface area contributed by atoms with E-state index in [-0.39, 0.29) is 0 Å². The van der Waals surface area contributed by atoms with Gasteiger partial charge in [0.1, 0.15) is 5.75 Å². The third kappa shape index (κ3) is 2.75. The Bertz CT molecular complexity index is 476. The minimum absolute atomic E-state index is 0.395. The molecule has 20 heavy (non-hydrogen) atoms. The second kappa shape index (κ2) is 6.07. The van der Waals surface area contributed by atoms with Gasteiger partial charge in [-0.1, -0.05) is 22.4 Å². The fraction of sp³-hybridized carbons (Fsp3) is 0.647. The monoisotopic (exact) mass is 337 g/mol. The molecule has 0 spiro atoms. The van der Waals surface area contributed by atoms with E-state index in [0.29, 0.717) is 6.04 Å². The molecule has 0 amide bonds. The molecule has 0 aromatic heterocycles. The molecule has 1 N–H and O–H groups in total. The molecular formula is C17H24BrNO. The summed E-state index contributed by atoms with van der Waals surface area (Å²) in [4.78, 5) is 0. The van der Waals surface area contributed by atoms with Gasteiger partial charge in [-0.2, -0.15) is 0 Å². The summed E-state index contributed by atoms with van der Waals surface area (Å²) in [7, 11) is 3.83. The molecule has 2 bridgehead atoms. The normalized spacial score (nSPS) is 29.6. The first-order valence-corrected chi connectivity index (χ1v) is 8.51. The second-order valence-electron chi connectivity index (χ2n) is 6.40. The van der Waals surface area contributed by atoms with Crippen molar-refractivity contribution >= 4 is 15.9 Å². The first-order chi connectivity index (χ1) is 9.71. The zero-order valence-corrected chi connectivity index (χ0v) is 13.9. The van der Waals surface area contributed by atoms with Gasteiger partial charge >= 0.3 is 0 Å². The highest BCUT2D eigenvalue weighted by Gasteiger charge is 2.40. The Hall–Kier alpha value is -0.540. The van der Waals surface area contributed by atoms with Gasteiger partial charge in [-0.3, -0.25) is 0 Å². The molecule has 3 rings (SSSR count). The van der Waals surface area contributed by atoms with Crippen LogP contribution in [0.15, 0.2) is 22.7 Å². The highest BCUT2D eigenvalue weighted by atomic mass is 79.9. The van der Waals surface area contributed by atoms with Crippen molar-refractivity contribution in [2.24, 2.45) is 17.8 Å². The van der Waals surface area contributed by atoms with Gasteiger partial charge in [0.25, 0.3) is 0 Å². The van der Waals surface area contributed by atoms with Crippen molar-refractivity contribution in [2.45, 2.75) is 38.1 Å². The first kappa shape index (κ1) is 14.4. The molecule has 0 heterocycles. The largest absolute Gasteiger partial charge is 0.496 e. The molecule has 2 aliphatic rings. The van der Waals surface area contributed by atoms with E-state index in [1.54, 1.807) is 7.11 Å². The molecule has 0 aliphatic heterocycles. The lowest BCUT2D eigenvalue weighted by Crippen LogP contribution is -2.23. The van der Waals surface area contributed by atoms with Gasteiger partial charge in [0.2, 0.25) is 0 Å². The SMILES string of the molecule is CNC(CC1CC2CCC1C2)c1cc(Br)ccc1OC. The lowest BCUT2D eigenvalue weighted by atomic mass is 9.82. The van der Waals surface area contributed by atoms with E-state index >= 15 is 0 Å². The van der Waals surface area contributed by atoms with Crippen LogP contribution in [0.2, 0.25) is 0 Å². The van der Waals surface area contributed by atoms with E-state index in [1.807, 2.05) is 6.07 Å². The summed E-state index contributed by atoms with van der Waals surface area (Å²) in [5, 5.41) is 3.51. The van der Waals surface area contributed by atoms with Crippen molar-refractivity contribution in [1.29, 1.82) is 0 Å². The maximum absolute atomic E-state index is 5.55. The Balaban J connectivity index is 1.77. The maximum Gasteiger partial charge on any atom is 0.123 e. The van der Waals surface area contributed by atoms with Crippen LogP contribution in [0.5, 0.6) is 5.75 Å². The smallest absolute Gasteiger partial charge is 0.123 e. The number of ether oxygens (including phenoxy) is 1. The summed E-state index contributed by atoms with van der Waals surface area (Å²) < 4.78 is 6.68. The van der Waals surface area contributed by atoms with Crippen molar-refractivity contribution in [3.63, 3.8) is 0 Å². The minimum Gasteiger partial charge on any atom is -0.496 e. The summed E-state index contributed by atoms with van der Waals surface area (Å²) in [6.45, 7) is 0. The van der Waals surface area contributed by atoms with E-state index < -0.39 is 0 Å². The lowest BCUT2D eigenvalue weighted by Gasteiger charge is -2.27. The third-order valence-electron chi connectivity index (χ3n) is 5.34. The van der Waals surface area contributed by atoms with Crippen LogP contribution in [0, 0.1) is 17.8 Å². The highest BCUT2D eigenvalue weighted by Crippen LogP contribution is 2.51. The Morgan fingerprint density at radius 3 is 2.80 bits per heavy atom. The number of hydrogen-bond acceptors (Lipinski definition) is 2. The first-order valence-electron chi connectivity index (χ1n) is 7.72. The average Bonchev–Trinajstić information content (AvgIpc) is 3.07.